The third-order valence-electron chi connectivity index (χ3n) is 2.76. The second-order valence-electron chi connectivity index (χ2n) is 4.03. The van der Waals surface area contributed by atoms with Gasteiger partial charge in [-0.2, -0.15) is 0 Å². The normalized spacial score (nSPS) is 21.7. The fourth-order valence-electron chi connectivity index (χ4n) is 1.93. The van der Waals surface area contributed by atoms with E-state index < -0.39 is 0 Å². The summed E-state index contributed by atoms with van der Waals surface area (Å²) in [5.41, 5.74) is 0. The summed E-state index contributed by atoms with van der Waals surface area (Å²) in [4.78, 5) is 0. The van der Waals surface area contributed by atoms with E-state index in [0.717, 1.165) is 18.6 Å². The van der Waals surface area contributed by atoms with Crippen molar-refractivity contribution in [2.45, 2.75) is 38.2 Å². The number of ether oxygens (including phenoxy) is 1. The van der Waals surface area contributed by atoms with Crippen LogP contribution in [-0.2, 0) is 0 Å². The van der Waals surface area contributed by atoms with Gasteiger partial charge in [-0.05, 0) is 44.2 Å². The lowest BCUT2D eigenvalue weighted by molar-refractivity contribution is 0.178. The van der Waals surface area contributed by atoms with Gasteiger partial charge >= 0.3 is 0 Å². The van der Waals surface area contributed by atoms with Crippen LogP contribution in [0.25, 0.3) is 0 Å². The first kappa shape index (κ1) is 10.3. The summed E-state index contributed by atoms with van der Waals surface area (Å²) >= 11 is 0. The molecule has 1 nitrogen and oxygen atoms in total. The zero-order valence-electron chi connectivity index (χ0n) is 9.06. The van der Waals surface area contributed by atoms with Gasteiger partial charge in [-0.1, -0.05) is 30.4 Å². The molecule has 0 amide bonds. The van der Waals surface area contributed by atoms with E-state index in [-0.39, 0.29) is 0 Å². The van der Waals surface area contributed by atoms with E-state index in [1.165, 1.54) is 19.3 Å². The Morgan fingerprint density at radius 2 is 1.73 bits per heavy atom. The summed E-state index contributed by atoms with van der Waals surface area (Å²) in [6, 6.07) is 10.1. The van der Waals surface area contributed by atoms with Crippen LogP contribution in [0.1, 0.15) is 32.1 Å². The number of para-hydroxylation sites is 1. The molecule has 2 rings (SSSR count). The SMILES string of the molecule is C1=CCCC(Oc2ccccc2)CCC1. The average molecular weight is 202 g/mol. The molecule has 1 aromatic rings. The summed E-state index contributed by atoms with van der Waals surface area (Å²) < 4.78 is 5.96. The largest absolute Gasteiger partial charge is 0.490 e. The highest BCUT2D eigenvalue weighted by atomic mass is 16.5. The lowest BCUT2D eigenvalue weighted by atomic mass is 10.0. The van der Waals surface area contributed by atoms with Crippen molar-refractivity contribution in [3.8, 4) is 5.75 Å². The van der Waals surface area contributed by atoms with Gasteiger partial charge in [-0.15, -0.1) is 0 Å². The van der Waals surface area contributed by atoms with Crippen LogP contribution in [0.4, 0.5) is 0 Å². The Bertz CT molecular complexity index is 302. The quantitative estimate of drug-likeness (QED) is 0.660. The first-order valence-electron chi connectivity index (χ1n) is 5.82. The van der Waals surface area contributed by atoms with Crippen LogP contribution in [0.2, 0.25) is 0 Å². The Morgan fingerprint density at radius 3 is 2.60 bits per heavy atom. The zero-order valence-corrected chi connectivity index (χ0v) is 9.06. The molecule has 80 valence electrons. The minimum absolute atomic E-state index is 0.400. The van der Waals surface area contributed by atoms with Gasteiger partial charge in [0.25, 0.3) is 0 Å². The Hall–Kier alpha value is -1.24. The molecular weight excluding hydrogens is 184 g/mol. The maximum absolute atomic E-state index is 5.96. The van der Waals surface area contributed by atoms with Crippen molar-refractivity contribution in [1.29, 1.82) is 0 Å². The fraction of sp³-hybridized carbons (Fsp3) is 0.429. The number of allylic oxidation sites excluding steroid dienone is 2. The third kappa shape index (κ3) is 3.43. The average Bonchev–Trinajstić information content (AvgIpc) is 2.23. The highest BCUT2D eigenvalue weighted by Crippen LogP contribution is 2.19. The van der Waals surface area contributed by atoms with Gasteiger partial charge in [0.05, 0.1) is 6.10 Å². The maximum atomic E-state index is 5.96. The topological polar surface area (TPSA) is 9.23 Å². The molecule has 0 spiro atoms. The predicted octanol–water partition coefficient (Wildman–Crippen LogP) is 3.95. The highest BCUT2D eigenvalue weighted by molar-refractivity contribution is 5.21. The first-order chi connectivity index (χ1) is 7.45. The third-order valence-corrected chi connectivity index (χ3v) is 2.76. The van der Waals surface area contributed by atoms with Gasteiger partial charge in [-0.25, -0.2) is 0 Å². The number of hydrogen-bond donors (Lipinski definition) is 0. The van der Waals surface area contributed by atoms with Crippen LogP contribution in [0.3, 0.4) is 0 Å². The molecule has 1 unspecified atom stereocenters. The van der Waals surface area contributed by atoms with Crippen molar-refractivity contribution in [3.05, 3.63) is 42.5 Å². The highest BCUT2D eigenvalue weighted by Gasteiger charge is 2.10. The molecule has 0 saturated carbocycles. The summed E-state index contributed by atoms with van der Waals surface area (Å²) in [6.07, 6.45) is 10.9. The molecule has 1 heteroatoms. The van der Waals surface area contributed by atoms with Gasteiger partial charge in [0, 0.05) is 0 Å². The summed E-state index contributed by atoms with van der Waals surface area (Å²) in [5.74, 6) is 1.01. The Morgan fingerprint density at radius 1 is 0.933 bits per heavy atom. The Kier molecular flexibility index (Phi) is 3.84. The molecular formula is C14H18O. The molecule has 15 heavy (non-hydrogen) atoms. The van der Waals surface area contributed by atoms with Crippen molar-refractivity contribution in [1.82, 2.24) is 0 Å². The molecule has 0 aromatic heterocycles. The van der Waals surface area contributed by atoms with Crippen LogP contribution in [0.15, 0.2) is 42.5 Å². The minimum atomic E-state index is 0.400. The Labute approximate surface area is 91.8 Å². The van der Waals surface area contributed by atoms with E-state index in [0.29, 0.717) is 6.10 Å². The molecule has 0 heterocycles. The van der Waals surface area contributed by atoms with Crippen LogP contribution in [-0.4, -0.2) is 6.10 Å². The van der Waals surface area contributed by atoms with Gasteiger partial charge in [0.2, 0.25) is 0 Å². The van der Waals surface area contributed by atoms with Gasteiger partial charge in [-0.3, -0.25) is 0 Å². The second-order valence-corrected chi connectivity index (χ2v) is 4.03. The van der Waals surface area contributed by atoms with E-state index >= 15 is 0 Å². The number of benzene rings is 1. The van der Waals surface area contributed by atoms with Crippen molar-refractivity contribution in [2.75, 3.05) is 0 Å². The fourth-order valence-corrected chi connectivity index (χ4v) is 1.93. The van der Waals surface area contributed by atoms with Crippen LogP contribution >= 0.6 is 0 Å². The minimum Gasteiger partial charge on any atom is -0.490 e. The van der Waals surface area contributed by atoms with Gasteiger partial charge in [0.15, 0.2) is 0 Å². The molecule has 1 aliphatic carbocycles. The van der Waals surface area contributed by atoms with Crippen molar-refractivity contribution in [3.63, 3.8) is 0 Å². The Balaban J connectivity index is 1.90. The molecule has 0 radical (unpaired) electrons. The van der Waals surface area contributed by atoms with E-state index in [2.05, 4.69) is 12.2 Å². The van der Waals surface area contributed by atoms with Crippen LogP contribution in [0, 0.1) is 0 Å². The lowest BCUT2D eigenvalue weighted by Crippen LogP contribution is -2.16. The van der Waals surface area contributed by atoms with Crippen molar-refractivity contribution < 1.29 is 4.74 Å². The molecule has 0 N–H and O–H groups in total. The first-order valence-corrected chi connectivity index (χ1v) is 5.82. The summed E-state index contributed by atoms with van der Waals surface area (Å²) in [6.45, 7) is 0. The maximum Gasteiger partial charge on any atom is 0.119 e. The van der Waals surface area contributed by atoms with E-state index in [1.54, 1.807) is 0 Å². The molecule has 0 fully saturated rings. The standard InChI is InChI=1S/C14H18O/c1-2-5-9-13(10-6-3-1)15-14-11-7-4-8-12-14/h1-2,4,7-8,11-13H,3,5-6,9-10H2. The number of rotatable bonds is 2. The summed E-state index contributed by atoms with van der Waals surface area (Å²) in [7, 11) is 0. The molecule has 1 aromatic carbocycles. The van der Waals surface area contributed by atoms with E-state index in [1.807, 2.05) is 30.3 Å². The van der Waals surface area contributed by atoms with E-state index in [9.17, 15) is 0 Å². The molecule has 1 aliphatic rings. The van der Waals surface area contributed by atoms with Gasteiger partial charge in [0.1, 0.15) is 5.75 Å². The smallest absolute Gasteiger partial charge is 0.119 e. The van der Waals surface area contributed by atoms with Crippen LogP contribution < -0.4 is 4.74 Å². The predicted molar refractivity (Wildman–Crippen MR) is 63.1 cm³/mol. The molecule has 1 atom stereocenters. The van der Waals surface area contributed by atoms with Crippen LogP contribution in [0.5, 0.6) is 5.75 Å². The molecule has 0 bridgehead atoms. The van der Waals surface area contributed by atoms with E-state index in [4.69, 9.17) is 4.74 Å². The summed E-state index contributed by atoms with van der Waals surface area (Å²) in [5, 5.41) is 0. The molecule has 0 aliphatic heterocycles. The van der Waals surface area contributed by atoms with Gasteiger partial charge < -0.3 is 4.74 Å². The van der Waals surface area contributed by atoms with Crippen molar-refractivity contribution in [2.24, 2.45) is 0 Å². The number of hydrogen-bond acceptors (Lipinski definition) is 1. The second kappa shape index (κ2) is 5.59. The molecule has 0 saturated heterocycles. The monoisotopic (exact) mass is 202 g/mol. The lowest BCUT2D eigenvalue weighted by Gasteiger charge is -2.19. The zero-order chi connectivity index (χ0) is 10.3. The van der Waals surface area contributed by atoms with Crippen molar-refractivity contribution >= 4 is 0 Å².